The molecular weight excluding hydrogens is 959 g/mol. The Kier molecular flexibility index (Phi) is 10.6. The molecule has 15 rings (SSSR count). The fourth-order valence-electron chi connectivity index (χ4n) is 12.5. The highest BCUT2D eigenvalue weighted by atomic mass is 15.0. The van der Waals surface area contributed by atoms with Crippen molar-refractivity contribution in [3.05, 3.63) is 284 Å². The summed E-state index contributed by atoms with van der Waals surface area (Å²) in [6.07, 6.45) is 0. The van der Waals surface area contributed by atoms with E-state index in [9.17, 15) is 10.5 Å². The monoisotopic (exact) mass is 1000 g/mol. The van der Waals surface area contributed by atoms with Gasteiger partial charge in [-0.15, -0.1) is 0 Å². The van der Waals surface area contributed by atoms with Gasteiger partial charge in [-0.3, -0.25) is 0 Å². The Morgan fingerprint density at radius 2 is 0.506 bits per heavy atom. The summed E-state index contributed by atoms with van der Waals surface area (Å²) in [5.74, 6) is 0. The Balaban J connectivity index is 1.17. The van der Waals surface area contributed by atoms with E-state index in [1.807, 2.05) is 24.3 Å². The van der Waals surface area contributed by atoms with Crippen LogP contribution in [0.15, 0.2) is 273 Å². The van der Waals surface area contributed by atoms with Crippen LogP contribution in [-0.2, 0) is 0 Å². The molecule has 0 radical (unpaired) electrons. The maximum atomic E-state index is 10.2. The molecule has 3 aromatic heterocycles. The third-order valence-corrected chi connectivity index (χ3v) is 15.9. The molecular formula is C74H45N5. The van der Waals surface area contributed by atoms with Gasteiger partial charge in [0.15, 0.2) is 0 Å². The minimum atomic E-state index is 0.584. The quantitative estimate of drug-likeness (QED) is 0.152. The molecule has 3 heterocycles. The highest BCUT2D eigenvalue weighted by molar-refractivity contribution is 6.18. The van der Waals surface area contributed by atoms with Crippen molar-refractivity contribution in [2.75, 3.05) is 0 Å². The molecule has 12 aromatic carbocycles. The summed E-state index contributed by atoms with van der Waals surface area (Å²) in [4.78, 5) is 0. The van der Waals surface area contributed by atoms with Gasteiger partial charge in [-0.25, -0.2) is 0 Å². The van der Waals surface area contributed by atoms with Crippen LogP contribution in [0.2, 0.25) is 0 Å². The topological polar surface area (TPSA) is 62.4 Å². The summed E-state index contributed by atoms with van der Waals surface area (Å²) in [6, 6.07) is 102. The lowest BCUT2D eigenvalue weighted by Gasteiger charge is -2.29. The standard InChI is InChI=1S/C74H45N5/c75-46-48-32-36-53(37-33-48)70-69(50-18-4-1-5-19-50)71(54-38-34-49(47-76)35-39-54)73(52-22-8-3-9-23-52)74(72(70)51-20-6-2-7-21-51)79-67-42-40-55(77-63-28-14-10-24-57(63)58-25-11-15-29-64(58)77)44-61(67)62-45-56(41-43-68(62)79)78-65-30-16-12-26-59(65)60-27-13-17-31-66(60)78/h1-45H. The van der Waals surface area contributed by atoms with Crippen molar-refractivity contribution >= 4 is 65.4 Å². The molecule has 0 saturated carbocycles. The lowest BCUT2D eigenvalue weighted by molar-refractivity contribution is 1.16. The van der Waals surface area contributed by atoms with Crippen LogP contribution < -0.4 is 0 Å². The van der Waals surface area contributed by atoms with Crippen molar-refractivity contribution in [2.45, 2.75) is 0 Å². The SMILES string of the molecule is N#Cc1ccc(-c2c(-c3ccccc3)c(-c3ccc(C#N)cc3)c(-c3ccccc3)c(-n3c4ccc(-n5c6ccccc6c6ccccc65)cc4c4cc(-n5c6ccccc6c6ccccc65)ccc43)c2-c2ccccc2)cc1. The normalized spacial score (nSPS) is 11.5. The first-order chi connectivity index (χ1) is 39.1. The summed E-state index contributed by atoms with van der Waals surface area (Å²) in [6.45, 7) is 0. The molecule has 5 nitrogen and oxygen atoms in total. The van der Waals surface area contributed by atoms with Crippen molar-refractivity contribution in [2.24, 2.45) is 0 Å². The zero-order valence-electron chi connectivity index (χ0n) is 42.7. The molecule has 0 amide bonds. The van der Waals surface area contributed by atoms with Gasteiger partial charge in [0.1, 0.15) is 0 Å². The number of para-hydroxylation sites is 4. The van der Waals surface area contributed by atoms with Crippen LogP contribution in [0, 0.1) is 22.7 Å². The zero-order chi connectivity index (χ0) is 52.6. The molecule has 0 saturated heterocycles. The molecule has 0 N–H and O–H groups in total. The van der Waals surface area contributed by atoms with Crippen molar-refractivity contribution < 1.29 is 0 Å². The van der Waals surface area contributed by atoms with Gasteiger partial charge in [0.2, 0.25) is 0 Å². The van der Waals surface area contributed by atoms with Crippen molar-refractivity contribution in [1.82, 2.24) is 13.7 Å². The highest BCUT2D eigenvalue weighted by Crippen LogP contribution is 2.56. The Morgan fingerprint density at radius 1 is 0.228 bits per heavy atom. The minimum Gasteiger partial charge on any atom is -0.309 e. The van der Waals surface area contributed by atoms with Crippen LogP contribution in [0.25, 0.3) is 138 Å². The second-order valence-electron chi connectivity index (χ2n) is 20.2. The van der Waals surface area contributed by atoms with Crippen molar-refractivity contribution in [3.8, 4) is 84.8 Å². The average Bonchev–Trinajstić information content (AvgIpc) is 4.39. The molecule has 0 aliphatic heterocycles. The summed E-state index contributed by atoms with van der Waals surface area (Å²) < 4.78 is 7.35. The minimum absolute atomic E-state index is 0.584. The van der Waals surface area contributed by atoms with Gasteiger partial charge in [-0.2, -0.15) is 10.5 Å². The first kappa shape index (κ1) is 45.4. The summed E-state index contributed by atoms with van der Waals surface area (Å²) >= 11 is 0. The van der Waals surface area contributed by atoms with Crippen LogP contribution in [0.1, 0.15) is 11.1 Å². The first-order valence-electron chi connectivity index (χ1n) is 26.6. The van der Waals surface area contributed by atoms with Gasteiger partial charge in [-0.1, -0.05) is 188 Å². The molecule has 0 aliphatic rings. The summed E-state index contributed by atoms with van der Waals surface area (Å²) in [7, 11) is 0. The van der Waals surface area contributed by atoms with Crippen LogP contribution in [0.3, 0.4) is 0 Å². The van der Waals surface area contributed by atoms with E-state index in [2.05, 4.69) is 275 Å². The third kappa shape index (κ3) is 7.15. The third-order valence-electron chi connectivity index (χ3n) is 15.9. The number of rotatable bonds is 8. The number of nitriles is 2. The van der Waals surface area contributed by atoms with Gasteiger partial charge >= 0.3 is 0 Å². The Hall–Kier alpha value is -11.0. The van der Waals surface area contributed by atoms with E-state index in [0.29, 0.717) is 11.1 Å². The predicted molar refractivity (Wildman–Crippen MR) is 326 cm³/mol. The summed E-state index contributed by atoms with van der Waals surface area (Å²) in [5.41, 5.74) is 21.2. The smallest absolute Gasteiger partial charge is 0.0991 e. The van der Waals surface area contributed by atoms with Gasteiger partial charge in [0, 0.05) is 65.9 Å². The van der Waals surface area contributed by atoms with Gasteiger partial charge in [-0.05, 0) is 118 Å². The molecule has 5 heteroatoms. The molecule has 15 aromatic rings. The molecule has 366 valence electrons. The van der Waals surface area contributed by atoms with E-state index in [-0.39, 0.29) is 0 Å². The van der Waals surface area contributed by atoms with E-state index in [1.165, 1.54) is 21.5 Å². The number of hydrogen-bond acceptors (Lipinski definition) is 2. The van der Waals surface area contributed by atoms with Crippen molar-refractivity contribution in [1.29, 1.82) is 10.5 Å². The molecule has 0 fully saturated rings. The lowest BCUT2D eigenvalue weighted by atomic mass is 9.77. The van der Waals surface area contributed by atoms with Crippen LogP contribution in [0.4, 0.5) is 0 Å². The van der Waals surface area contributed by atoms with Gasteiger partial charge in [0.25, 0.3) is 0 Å². The molecule has 0 spiro atoms. The zero-order valence-corrected chi connectivity index (χ0v) is 42.7. The van der Waals surface area contributed by atoms with E-state index >= 15 is 0 Å². The maximum absolute atomic E-state index is 10.2. The van der Waals surface area contributed by atoms with Crippen LogP contribution in [0.5, 0.6) is 0 Å². The number of benzene rings is 12. The Morgan fingerprint density at radius 3 is 0.848 bits per heavy atom. The van der Waals surface area contributed by atoms with Gasteiger partial charge < -0.3 is 13.7 Å². The Bertz CT molecular complexity index is 4590. The van der Waals surface area contributed by atoms with Crippen LogP contribution in [-0.4, -0.2) is 13.7 Å². The number of hydrogen-bond donors (Lipinski definition) is 0. The van der Waals surface area contributed by atoms with Crippen molar-refractivity contribution in [3.63, 3.8) is 0 Å². The largest absolute Gasteiger partial charge is 0.309 e. The highest BCUT2D eigenvalue weighted by Gasteiger charge is 2.31. The second-order valence-corrected chi connectivity index (χ2v) is 20.2. The van der Waals surface area contributed by atoms with E-state index in [0.717, 1.165) is 117 Å². The van der Waals surface area contributed by atoms with E-state index < -0.39 is 0 Å². The fourth-order valence-corrected chi connectivity index (χ4v) is 12.5. The number of nitrogens with zero attached hydrogens (tertiary/aromatic N) is 5. The molecule has 79 heavy (non-hydrogen) atoms. The molecule has 0 aliphatic carbocycles. The van der Waals surface area contributed by atoms with Gasteiger partial charge in [0.05, 0.1) is 62.1 Å². The number of fused-ring (bicyclic) bond motifs is 9. The summed E-state index contributed by atoms with van der Waals surface area (Å²) in [5, 5.41) is 27.5. The first-order valence-corrected chi connectivity index (χ1v) is 26.6. The van der Waals surface area contributed by atoms with E-state index in [1.54, 1.807) is 0 Å². The Labute approximate surface area is 456 Å². The average molecular weight is 1000 g/mol. The number of aromatic nitrogens is 3. The fraction of sp³-hybridized carbons (Fsp3) is 0. The van der Waals surface area contributed by atoms with Crippen LogP contribution >= 0.6 is 0 Å². The lowest BCUT2D eigenvalue weighted by Crippen LogP contribution is -2.07. The second kappa shape index (κ2) is 18.4. The predicted octanol–water partition coefficient (Wildman–Crippen LogP) is 19.1. The molecule has 0 unspecified atom stereocenters. The molecule has 0 atom stereocenters. The van der Waals surface area contributed by atoms with E-state index in [4.69, 9.17) is 0 Å². The maximum Gasteiger partial charge on any atom is 0.0991 e. The molecule has 0 bridgehead atoms.